The number of carbonyl (C=O) groups excluding carboxylic acids is 1. The second-order valence-corrected chi connectivity index (χ2v) is 8.51. The van der Waals surface area contributed by atoms with Gasteiger partial charge in [-0.1, -0.05) is 6.07 Å². The number of benzene rings is 2. The standard InChI is InChI=1S/C24H30N2O5/c1-17-4-6-20(12-18(17)2)29-15-24(28)8-3-10-26(11-9-24)14-23(27)25-19-5-7-21-22(13-19)31-16-30-21/h4-7,12-13,28H,3,8-11,14-16H2,1-2H3,(H,25,27). The quantitative estimate of drug-likeness (QED) is 0.738. The number of ether oxygens (including phenoxy) is 3. The summed E-state index contributed by atoms with van der Waals surface area (Å²) in [5.41, 5.74) is 2.18. The Hall–Kier alpha value is -2.77. The Morgan fingerprint density at radius 1 is 1.10 bits per heavy atom. The van der Waals surface area contributed by atoms with Gasteiger partial charge in [-0.15, -0.1) is 0 Å². The number of amides is 1. The molecule has 1 atom stereocenters. The molecule has 1 amide bonds. The zero-order valence-corrected chi connectivity index (χ0v) is 18.1. The van der Waals surface area contributed by atoms with Crippen LogP contribution in [0.4, 0.5) is 5.69 Å². The first kappa shape index (κ1) is 21.5. The van der Waals surface area contributed by atoms with Gasteiger partial charge in [-0.25, -0.2) is 0 Å². The molecule has 2 heterocycles. The number of likely N-dealkylation sites (tertiary alicyclic amines) is 1. The molecule has 7 heteroatoms. The maximum atomic E-state index is 12.5. The number of nitrogens with one attached hydrogen (secondary N) is 1. The maximum Gasteiger partial charge on any atom is 0.238 e. The van der Waals surface area contributed by atoms with Crippen molar-refractivity contribution in [1.82, 2.24) is 4.90 Å². The van der Waals surface area contributed by atoms with E-state index < -0.39 is 5.60 Å². The lowest BCUT2D eigenvalue weighted by atomic mass is 9.96. The highest BCUT2D eigenvalue weighted by molar-refractivity contribution is 5.92. The van der Waals surface area contributed by atoms with Crippen molar-refractivity contribution in [2.45, 2.75) is 38.7 Å². The smallest absolute Gasteiger partial charge is 0.238 e. The van der Waals surface area contributed by atoms with Crippen LogP contribution in [0.3, 0.4) is 0 Å². The molecule has 1 fully saturated rings. The van der Waals surface area contributed by atoms with Gasteiger partial charge < -0.3 is 24.6 Å². The third kappa shape index (κ3) is 5.48. The minimum atomic E-state index is -0.888. The van der Waals surface area contributed by atoms with Crippen molar-refractivity contribution in [2.24, 2.45) is 0 Å². The number of aliphatic hydroxyl groups is 1. The molecule has 0 spiro atoms. The van der Waals surface area contributed by atoms with Crippen LogP contribution in [0.5, 0.6) is 17.2 Å². The van der Waals surface area contributed by atoms with E-state index in [1.54, 1.807) is 18.2 Å². The van der Waals surface area contributed by atoms with E-state index in [1.165, 1.54) is 11.1 Å². The lowest BCUT2D eigenvalue weighted by Gasteiger charge is -2.27. The zero-order valence-electron chi connectivity index (χ0n) is 18.1. The van der Waals surface area contributed by atoms with Gasteiger partial charge in [-0.3, -0.25) is 9.69 Å². The van der Waals surface area contributed by atoms with Gasteiger partial charge in [0.1, 0.15) is 12.4 Å². The summed E-state index contributed by atoms with van der Waals surface area (Å²) in [6.07, 6.45) is 2.03. The number of rotatable bonds is 6. The minimum Gasteiger partial charge on any atom is -0.491 e. The van der Waals surface area contributed by atoms with E-state index in [-0.39, 0.29) is 25.9 Å². The van der Waals surface area contributed by atoms with Crippen LogP contribution in [0.25, 0.3) is 0 Å². The molecular weight excluding hydrogens is 396 g/mol. The molecule has 7 nitrogen and oxygen atoms in total. The lowest BCUT2D eigenvalue weighted by molar-refractivity contribution is -0.117. The lowest BCUT2D eigenvalue weighted by Crippen LogP contribution is -2.38. The highest BCUT2D eigenvalue weighted by Gasteiger charge is 2.31. The molecule has 166 valence electrons. The van der Waals surface area contributed by atoms with E-state index in [0.29, 0.717) is 36.6 Å². The number of nitrogens with zero attached hydrogens (tertiary/aromatic N) is 1. The Morgan fingerprint density at radius 2 is 1.94 bits per heavy atom. The molecule has 31 heavy (non-hydrogen) atoms. The molecule has 1 saturated heterocycles. The van der Waals surface area contributed by atoms with Crippen LogP contribution in [0.1, 0.15) is 30.4 Å². The summed E-state index contributed by atoms with van der Waals surface area (Å²) in [6.45, 7) is 6.26. The Morgan fingerprint density at radius 3 is 2.77 bits per heavy atom. The highest BCUT2D eigenvalue weighted by atomic mass is 16.7. The van der Waals surface area contributed by atoms with Crippen LogP contribution < -0.4 is 19.5 Å². The van der Waals surface area contributed by atoms with Crippen molar-refractivity contribution in [3.8, 4) is 17.2 Å². The Bertz CT molecular complexity index is 948. The van der Waals surface area contributed by atoms with Gasteiger partial charge in [0, 0.05) is 18.3 Å². The van der Waals surface area contributed by atoms with Crippen molar-refractivity contribution < 1.29 is 24.1 Å². The van der Waals surface area contributed by atoms with E-state index in [1.807, 2.05) is 18.2 Å². The first-order chi connectivity index (χ1) is 14.9. The molecule has 2 N–H and O–H groups in total. The molecular formula is C24H30N2O5. The molecule has 2 aromatic carbocycles. The fourth-order valence-corrected chi connectivity index (χ4v) is 3.94. The van der Waals surface area contributed by atoms with Crippen molar-refractivity contribution in [3.63, 3.8) is 0 Å². The molecule has 0 saturated carbocycles. The summed E-state index contributed by atoms with van der Waals surface area (Å²) < 4.78 is 16.6. The fraction of sp³-hybridized carbons (Fsp3) is 0.458. The molecule has 0 bridgehead atoms. The predicted octanol–water partition coefficient (Wildman–Crippen LogP) is 3.27. The minimum absolute atomic E-state index is 0.0873. The van der Waals surface area contributed by atoms with Crippen LogP contribution in [0, 0.1) is 13.8 Å². The Balaban J connectivity index is 1.27. The number of hydrogen-bond donors (Lipinski definition) is 2. The van der Waals surface area contributed by atoms with Gasteiger partial charge in [0.05, 0.1) is 12.1 Å². The molecule has 0 aliphatic carbocycles. The first-order valence-electron chi connectivity index (χ1n) is 10.7. The molecule has 1 unspecified atom stereocenters. The fourth-order valence-electron chi connectivity index (χ4n) is 3.94. The summed E-state index contributed by atoms with van der Waals surface area (Å²) in [5, 5.41) is 13.9. The van der Waals surface area contributed by atoms with Crippen molar-refractivity contribution in [3.05, 3.63) is 47.5 Å². The topological polar surface area (TPSA) is 80.3 Å². The van der Waals surface area contributed by atoms with Crippen molar-refractivity contribution in [2.75, 3.05) is 38.4 Å². The summed E-state index contributed by atoms with van der Waals surface area (Å²) >= 11 is 0. The number of carbonyl (C=O) groups is 1. The monoisotopic (exact) mass is 426 g/mol. The van der Waals surface area contributed by atoms with Crippen LogP contribution in [0.15, 0.2) is 36.4 Å². The van der Waals surface area contributed by atoms with Gasteiger partial charge in [-0.2, -0.15) is 0 Å². The zero-order chi connectivity index (χ0) is 21.8. The van der Waals surface area contributed by atoms with Gasteiger partial charge >= 0.3 is 0 Å². The maximum absolute atomic E-state index is 12.5. The molecule has 2 aliphatic heterocycles. The van der Waals surface area contributed by atoms with Crippen LogP contribution in [-0.2, 0) is 4.79 Å². The number of anilines is 1. The molecule has 0 radical (unpaired) electrons. The summed E-state index contributed by atoms with van der Waals surface area (Å²) in [6, 6.07) is 11.3. The Labute approximate surface area is 182 Å². The summed E-state index contributed by atoms with van der Waals surface area (Å²) in [5.74, 6) is 2.02. The average Bonchev–Trinajstić information content (AvgIpc) is 3.13. The number of aryl methyl sites for hydroxylation is 2. The second kappa shape index (κ2) is 9.16. The Kier molecular flexibility index (Phi) is 6.34. The second-order valence-electron chi connectivity index (χ2n) is 8.51. The van der Waals surface area contributed by atoms with Crippen molar-refractivity contribution >= 4 is 11.6 Å². The van der Waals surface area contributed by atoms with Crippen molar-refractivity contribution in [1.29, 1.82) is 0 Å². The summed E-state index contributed by atoms with van der Waals surface area (Å²) in [7, 11) is 0. The van der Waals surface area contributed by atoms with Crippen LogP contribution in [-0.4, -0.2) is 54.5 Å². The first-order valence-corrected chi connectivity index (χ1v) is 10.7. The van der Waals surface area contributed by atoms with E-state index in [4.69, 9.17) is 14.2 Å². The van der Waals surface area contributed by atoms with Gasteiger partial charge in [0.25, 0.3) is 0 Å². The highest BCUT2D eigenvalue weighted by Crippen LogP contribution is 2.34. The van der Waals surface area contributed by atoms with Gasteiger partial charge in [-0.05, 0) is 75.0 Å². The molecule has 4 rings (SSSR count). The third-order valence-electron chi connectivity index (χ3n) is 6.02. The van der Waals surface area contributed by atoms with Crippen LogP contribution >= 0.6 is 0 Å². The molecule has 2 aliphatic rings. The SMILES string of the molecule is Cc1ccc(OCC2(O)CCCN(CC(=O)Nc3ccc4c(c3)OCO4)CC2)cc1C. The predicted molar refractivity (Wildman–Crippen MR) is 118 cm³/mol. The van der Waals surface area contributed by atoms with Gasteiger partial charge in [0.15, 0.2) is 11.5 Å². The molecule has 2 aromatic rings. The molecule has 0 aromatic heterocycles. The number of fused-ring (bicyclic) bond motifs is 1. The number of hydrogen-bond acceptors (Lipinski definition) is 6. The van der Waals surface area contributed by atoms with E-state index in [0.717, 1.165) is 18.7 Å². The average molecular weight is 427 g/mol. The normalized spacial score (nSPS) is 20.9. The van der Waals surface area contributed by atoms with E-state index in [9.17, 15) is 9.90 Å². The third-order valence-corrected chi connectivity index (χ3v) is 6.02. The van der Waals surface area contributed by atoms with E-state index in [2.05, 4.69) is 24.1 Å². The van der Waals surface area contributed by atoms with Crippen LogP contribution in [0.2, 0.25) is 0 Å². The summed E-state index contributed by atoms with van der Waals surface area (Å²) in [4.78, 5) is 14.6. The van der Waals surface area contributed by atoms with Gasteiger partial charge in [0.2, 0.25) is 12.7 Å². The largest absolute Gasteiger partial charge is 0.491 e. The van der Waals surface area contributed by atoms with E-state index >= 15 is 0 Å².